The highest BCUT2D eigenvalue weighted by molar-refractivity contribution is 4.75. The summed E-state index contributed by atoms with van der Waals surface area (Å²) in [5.41, 5.74) is -0.731. The minimum atomic E-state index is -4.33. The fraction of sp³-hybridized carbons (Fsp3) is 1.00. The van der Waals surface area contributed by atoms with E-state index < -0.39 is 18.2 Å². The van der Waals surface area contributed by atoms with Gasteiger partial charge in [0, 0.05) is 12.0 Å². The second-order valence-electron chi connectivity index (χ2n) is 3.59. The smallest absolute Gasteiger partial charge is 0.396 e. The van der Waals surface area contributed by atoms with Crippen molar-refractivity contribution in [2.45, 2.75) is 25.9 Å². The van der Waals surface area contributed by atoms with Gasteiger partial charge in [0.05, 0.1) is 13.2 Å². The first kappa shape index (κ1) is 14.7. The molecule has 0 spiro atoms. The third-order valence-electron chi connectivity index (χ3n) is 2.46. The number of alkyl halides is 3. The Bertz CT molecular complexity index is 158. The number of aliphatic hydroxyl groups excluding tert-OH is 2. The van der Waals surface area contributed by atoms with Crippen molar-refractivity contribution in [3.05, 3.63) is 0 Å². The van der Waals surface area contributed by atoms with Crippen LogP contribution in [-0.4, -0.2) is 42.8 Å². The van der Waals surface area contributed by atoms with Gasteiger partial charge in [-0.2, -0.15) is 13.2 Å². The molecule has 0 atom stereocenters. The monoisotopic (exact) mass is 230 g/mol. The van der Waals surface area contributed by atoms with Crippen LogP contribution in [0.4, 0.5) is 13.2 Å². The average Bonchev–Trinajstić information content (AvgIpc) is 2.18. The zero-order valence-electron chi connectivity index (χ0n) is 8.68. The van der Waals surface area contributed by atoms with Gasteiger partial charge in [-0.3, -0.25) is 0 Å². The summed E-state index contributed by atoms with van der Waals surface area (Å²) in [6.45, 7) is -0.154. The first-order valence-electron chi connectivity index (χ1n) is 4.75. The lowest BCUT2D eigenvalue weighted by atomic mass is 9.84. The summed E-state index contributed by atoms with van der Waals surface area (Å²) in [5.74, 6) is 0. The van der Waals surface area contributed by atoms with Crippen molar-refractivity contribution in [3.63, 3.8) is 0 Å². The molecule has 0 bridgehead atoms. The second kappa shape index (κ2) is 6.30. The summed E-state index contributed by atoms with van der Waals surface area (Å²) in [7, 11) is 0. The van der Waals surface area contributed by atoms with Gasteiger partial charge in [0.15, 0.2) is 0 Å². The van der Waals surface area contributed by atoms with Gasteiger partial charge >= 0.3 is 6.18 Å². The summed E-state index contributed by atoms with van der Waals surface area (Å²) < 4.78 is 39.5. The molecule has 0 aromatic carbocycles. The molecular formula is C9H17F3O3. The molecule has 0 amide bonds. The molecule has 15 heavy (non-hydrogen) atoms. The SMILES string of the molecule is CCC(CO)(CO)CCOCC(F)(F)F. The Morgan fingerprint density at radius 2 is 1.67 bits per heavy atom. The van der Waals surface area contributed by atoms with E-state index in [1.54, 1.807) is 6.92 Å². The molecule has 0 unspecified atom stereocenters. The number of ether oxygens (including phenoxy) is 1. The van der Waals surface area contributed by atoms with E-state index >= 15 is 0 Å². The quantitative estimate of drug-likeness (QED) is 0.649. The molecule has 0 saturated carbocycles. The molecule has 3 nitrogen and oxygen atoms in total. The Morgan fingerprint density at radius 1 is 1.13 bits per heavy atom. The van der Waals surface area contributed by atoms with Gasteiger partial charge in [-0.15, -0.1) is 0 Å². The highest BCUT2D eigenvalue weighted by Gasteiger charge is 2.29. The Kier molecular flexibility index (Phi) is 6.16. The lowest BCUT2D eigenvalue weighted by molar-refractivity contribution is -0.176. The number of rotatable bonds is 7. The van der Waals surface area contributed by atoms with Crippen LogP contribution >= 0.6 is 0 Å². The van der Waals surface area contributed by atoms with E-state index in [2.05, 4.69) is 4.74 Å². The van der Waals surface area contributed by atoms with Crippen LogP contribution in [0.15, 0.2) is 0 Å². The molecule has 0 aliphatic carbocycles. The minimum absolute atomic E-state index is 0.117. The zero-order chi connectivity index (χ0) is 11.9. The van der Waals surface area contributed by atoms with Crippen LogP contribution < -0.4 is 0 Å². The average molecular weight is 230 g/mol. The van der Waals surface area contributed by atoms with Crippen molar-refractivity contribution < 1.29 is 28.1 Å². The van der Waals surface area contributed by atoms with Crippen molar-refractivity contribution in [1.82, 2.24) is 0 Å². The normalized spacial score (nSPS) is 13.2. The first-order chi connectivity index (χ1) is 6.89. The maximum absolute atomic E-state index is 11.7. The zero-order valence-corrected chi connectivity index (χ0v) is 8.68. The molecule has 0 fully saturated rings. The Labute approximate surface area is 86.9 Å². The van der Waals surface area contributed by atoms with Crippen LogP contribution in [0.2, 0.25) is 0 Å². The largest absolute Gasteiger partial charge is 0.411 e. The molecule has 0 saturated heterocycles. The fourth-order valence-electron chi connectivity index (χ4n) is 1.09. The van der Waals surface area contributed by atoms with Crippen LogP contribution in [-0.2, 0) is 4.74 Å². The molecule has 0 rings (SSSR count). The van der Waals surface area contributed by atoms with Crippen molar-refractivity contribution in [2.75, 3.05) is 26.4 Å². The van der Waals surface area contributed by atoms with Gasteiger partial charge in [0.1, 0.15) is 6.61 Å². The topological polar surface area (TPSA) is 49.7 Å². The standard InChI is InChI=1S/C9H17F3O3/c1-2-8(5-13,6-14)3-4-15-7-9(10,11)12/h13-14H,2-7H2,1H3. The van der Waals surface area contributed by atoms with Crippen molar-refractivity contribution in [1.29, 1.82) is 0 Å². The summed E-state index contributed by atoms with van der Waals surface area (Å²) in [6.07, 6.45) is -3.62. The van der Waals surface area contributed by atoms with Gasteiger partial charge in [0.25, 0.3) is 0 Å². The van der Waals surface area contributed by atoms with E-state index in [4.69, 9.17) is 10.2 Å². The summed E-state index contributed by atoms with van der Waals surface area (Å²) in [6, 6.07) is 0. The Morgan fingerprint density at radius 3 is 2.00 bits per heavy atom. The maximum atomic E-state index is 11.7. The van der Waals surface area contributed by atoms with E-state index in [0.717, 1.165) is 0 Å². The fourth-order valence-corrected chi connectivity index (χ4v) is 1.09. The molecular weight excluding hydrogens is 213 g/mol. The molecule has 0 aliphatic rings. The second-order valence-corrected chi connectivity index (χ2v) is 3.59. The van der Waals surface area contributed by atoms with Gasteiger partial charge in [0.2, 0.25) is 0 Å². The lowest BCUT2D eigenvalue weighted by Crippen LogP contribution is -2.31. The maximum Gasteiger partial charge on any atom is 0.411 e. The molecule has 0 aromatic heterocycles. The van der Waals surface area contributed by atoms with E-state index in [1.165, 1.54) is 0 Å². The van der Waals surface area contributed by atoms with E-state index in [1.807, 2.05) is 0 Å². The highest BCUT2D eigenvalue weighted by Crippen LogP contribution is 2.25. The van der Waals surface area contributed by atoms with Crippen LogP contribution in [0.1, 0.15) is 19.8 Å². The van der Waals surface area contributed by atoms with E-state index in [-0.39, 0.29) is 26.2 Å². The summed E-state index contributed by atoms with van der Waals surface area (Å²) >= 11 is 0. The third-order valence-corrected chi connectivity index (χ3v) is 2.46. The Hall–Kier alpha value is -0.330. The molecule has 0 aliphatic heterocycles. The molecule has 0 radical (unpaired) electrons. The number of hydrogen-bond donors (Lipinski definition) is 2. The number of halogens is 3. The minimum Gasteiger partial charge on any atom is -0.396 e. The predicted molar refractivity (Wildman–Crippen MR) is 48.4 cm³/mol. The number of aliphatic hydroxyl groups is 2. The first-order valence-corrected chi connectivity index (χ1v) is 4.75. The lowest BCUT2D eigenvalue weighted by Gasteiger charge is -2.28. The van der Waals surface area contributed by atoms with Gasteiger partial charge in [-0.05, 0) is 12.8 Å². The van der Waals surface area contributed by atoms with Crippen LogP contribution in [0, 0.1) is 5.41 Å². The van der Waals surface area contributed by atoms with Crippen LogP contribution in [0.3, 0.4) is 0 Å². The third kappa shape index (κ3) is 5.96. The van der Waals surface area contributed by atoms with Gasteiger partial charge < -0.3 is 14.9 Å². The van der Waals surface area contributed by atoms with Crippen molar-refractivity contribution in [2.24, 2.45) is 5.41 Å². The Balaban J connectivity index is 3.82. The molecule has 0 aromatic rings. The summed E-state index contributed by atoms with van der Waals surface area (Å²) in [4.78, 5) is 0. The predicted octanol–water partition coefficient (Wildman–Crippen LogP) is 1.34. The van der Waals surface area contributed by atoms with Crippen LogP contribution in [0.25, 0.3) is 0 Å². The van der Waals surface area contributed by atoms with Crippen LogP contribution in [0.5, 0.6) is 0 Å². The molecule has 92 valence electrons. The number of hydrogen-bond acceptors (Lipinski definition) is 3. The highest BCUT2D eigenvalue weighted by atomic mass is 19.4. The molecule has 2 N–H and O–H groups in total. The van der Waals surface area contributed by atoms with Crippen molar-refractivity contribution in [3.8, 4) is 0 Å². The van der Waals surface area contributed by atoms with E-state index in [0.29, 0.717) is 6.42 Å². The molecule has 0 heterocycles. The summed E-state index contributed by atoms with van der Waals surface area (Å²) in [5, 5.41) is 18.0. The van der Waals surface area contributed by atoms with Crippen molar-refractivity contribution >= 4 is 0 Å². The van der Waals surface area contributed by atoms with E-state index in [9.17, 15) is 13.2 Å². The van der Waals surface area contributed by atoms with Gasteiger partial charge in [-0.1, -0.05) is 6.92 Å². The molecule has 6 heteroatoms. The van der Waals surface area contributed by atoms with Gasteiger partial charge in [-0.25, -0.2) is 0 Å².